The molecule has 0 bridgehead atoms. The van der Waals surface area contributed by atoms with E-state index in [9.17, 15) is 0 Å². The van der Waals surface area contributed by atoms with Gasteiger partial charge in [-0.3, -0.25) is 0 Å². The molecule has 1 aromatic rings. The molecule has 0 fully saturated rings. The van der Waals surface area contributed by atoms with Gasteiger partial charge in [0.2, 0.25) is 0 Å². The van der Waals surface area contributed by atoms with E-state index in [1.807, 2.05) is 11.3 Å². The standard InChI is InChI=1S/C13H23NOS/c1-13(2,7-4-9-15)11-14-8-6-12-5-3-10-16-12/h3,5,10,14-15H,4,6-9,11H2,1-2H3. The van der Waals surface area contributed by atoms with Gasteiger partial charge in [-0.05, 0) is 42.7 Å². The Balaban J connectivity index is 2.10. The summed E-state index contributed by atoms with van der Waals surface area (Å²) in [7, 11) is 0. The summed E-state index contributed by atoms with van der Waals surface area (Å²) in [6.45, 7) is 6.88. The summed E-state index contributed by atoms with van der Waals surface area (Å²) < 4.78 is 0. The maximum Gasteiger partial charge on any atom is 0.0431 e. The molecule has 1 aromatic heterocycles. The van der Waals surface area contributed by atoms with E-state index in [4.69, 9.17) is 5.11 Å². The van der Waals surface area contributed by atoms with E-state index in [2.05, 4.69) is 36.7 Å². The van der Waals surface area contributed by atoms with Gasteiger partial charge < -0.3 is 10.4 Å². The first-order chi connectivity index (χ1) is 7.64. The van der Waals surface area contributed by atoms with E-state index in [1.54, 1.807) is 0 Å². The van der Waals surface area contributed by atoms with E-state index < -0.39 is 0 Å². The van der Waals surface area contributed by atoms with Crippen LogP contribution >= 0.6 is 11.3 Å². The highest BCUT2D eigenvalue weighted by Gasteiger charge is 2.16. The molecular formula is C13H23NOS. The predicted octanol–water partition coefficient (Wildman–Crippen LogP) is 2.68. The minimum atomic E-state index is 0.290. The molecule has 16 heavy (non-hydrogen) atoms. The number of aliphatic hydroxyl groups is 1. The van der Waals surface area contributed by atoms with Crippen LogP contribution in [0.1, 0.15) is 31.6 Å². The topological polar surface area (TPSA) is 32.3 Å². The van der Waals surface area contributed by atoms with Crippen molar-refractivity contribution < 1.29 is 5.11 Å². The predicted molar refractivity (Wildman–Crippen MR) is 71.0 cm³/mol. The number of thiophene rings is 1. The van der Waals surface area contributed by atoms with Gasteiger partial charge in [-0.2, -0.15) is 0 Å². The van der Waals surface area contributed by atoms with Crippen molar-refractivity contribution in [2.75, 3.05) is 19.7 Å². The smallest absolute Gasteiger partial charge is 0.0431 e. The summed E-state index contributed by atoms with van der Waals surface area (Å²) in [4.78, 5) is 1.45. The zero-order valence-electron chi connectivity index (χ0n) is 10.3. The highest BCUT2D eigenvalue weighted by Crippen LogP contribution is 2.20. The van der Waals surface area contributed by atoms with Gasteiger partial charge in [0.15, 0.2) is 0 Å². The lowest BCUT2D eigenvalue weighted by molar-refractivity contribution is 0.237. The lowest BCUT2D eigenvalue weighted by Crippen LogP contribution is -2.30. The fourth-order valence-corrected chi connectivity index (χ4v) is 2.45. The Labute approximate surface area is 103 Å². The Morgan fingerprint density at radius 3 is 2.88 bits per heavy atom. The molecule has 0 saturated heterocycles. The highest BCUT2D eigenvalue weighted by molar-refractivity contribution is 7.09. The number of aliphatic hydroxyl groups excluding tert-OH is 1. The lowest BCUT2D eigenvalue weighted by Gasteiger charge is -2.24. The van der Waals surface area contributed by atoms with Crippen LogP contribution < -0.4 is 5.32 Å². The van der Waals surface area contributed by atoms with Gasteiger partial charge in [-0.1, -0.05) is 19.9 Å². The molecule has 2 N–H and O–H groups in total. The third-order valence-electron chi connectivity index (χ3n) is 2.74. The first-order valence-corrected chi connectivity index (χ1v) is 6.86. The summed E-state index contributed by atoms with van der Waals surface area (Å²) in [5.41, 5.74) is 0.290. The molecule has 1 heterocycles. The fraction of sp³-hybridized carbons (Fsp3) is 0.692. The second-order valence-electron chi connectivity index (χ2n) is 5.00. The largest absolute Gasteiger partial charge is 0.396 e. The summed E-state index contributed by atoms with van der Waals surface area (Å²) in [5.74, 6) is 0. The van der Waals surface area contributed by atoms with Crippen LogP contribution in [-0.2, 0) is 6.42 Å². The molecule has 2 nitrogen and oxygen atoms in total. The average Bonchev–Trinajstić information content (AvgIpc) is 2.75. The summed E-state index contributed by atoms with van der Waals surface area (Å²) in [6.07, 6.45) is 3.10. The number of rotatable bonds is 8. The van der Waals surface area contributed by atoms with Gasteiger partial charge >= 0.3 is 0 Å². The second kappa shape index (κ2) is 7.05. The van der Waals surface area contributed by atoms with E-state index in [1.165, 1.54) is 4.88 Å². The molecular weight excluding hydrogens is 218 g/mol. The van der Waals surface area contributed by atoms with Gasteiger partial charge in [0, 0.05) is 18.0 Å². The quantitative estimate of drug-likeness (QED) is 0.686. The first kappa shape index (κ1) is 13.7. The number of hydrogen-bond acceptors (Lipinski definition) is 3. The SMILES string of the molecule is CC(C)(CCCO)CNCCc1cccs1. The van der Waals surface area contributed by atoms with Gasteiger partial charge in [-0.15, -0.1) is 11.3 Å². The third kappa shape index (κ3) is 5.64. The van der Waals surface area contributed by atoms with Gasteiger partial charge in [0.1, 0.15) is 0 Å². The van der Waals surface area contributed by atoms with Gasteiger partial charge in [0.05, 0.1) is 0 Å². The van der Waals surface area contributed by atoms with Crippen LogP contribution in [0.2, 0.25) is 0 Å². The molecule has 0 aromatic carbocycles. The maximum absolute atomic E-state index is 8.81. The first-order valence-electron chi connectivity index (χ1n) is 5.98. The molecule has 0 spiro atoms. The number of nitrogens with one attached hydrogen (secondary N) is 1. The van der Waals surface area contributed by atoms with E-state index in [0.717, 1.165) is 32.4 Å². The summed E-state index contributed by atoms with van der Waals surface area (Å²) in [6, 6.07) is 4.29. The van der Waals surface area contributed by atoms with Crippen LogP contribution in [-0.4, -0.2) is 24.8 Å². The van der Waals surface area contributed by atoms with Crippen LogP contribution in [0.15, 0.2) is 17.5 Å². The average molecular weight is 241 g/mol. The molecule has 0 aliphatic rings. The summed E-state index contributed by atoms with van der Waals surface area (Å²) in [5, 5.41) is 14.4. The molecule has 0 unspecified atom stereocenters. The lowest BCUT2D eigenvalue weighted by atomic mass is 9.88. The fourth-order valence-electron chi connectivity index (χ4n) is 1.74. The molecule has 0 aliphatic carbocycles. The zero-order valence-corrected chi connectivity index (χ0v) is 11.1. The van der Waals surface area contributed by atoms with Crippen molar-refractivity contribution in [3.05, 3.63) is 22.4 Å². The highest BCUT2D eigenvalue weighted by atomic mass is 32.1. The Kier molecular flexibility index (Phi) is 6.03. The van der Waals surface area contributed by atoms with E-state index in [0.29, 0.717) is 6.61 Å². The van der Waals surface area contributed by atoms with Crippen molar-refractivity contribution in [1.29, 1.82) is 0 Å². The number of hydrogen-bond donors (Lipinski definition) is 2. The van der Waals surface area contributed by atoms with Crippen molar-refractivity contribution in [3.63, 3.8) is 0 Å². The molecule has 0 aliphatic heterocycles. The second-order valence-corrected chi connectivity index (χ2v) is 6.03. The molecule has 0 atom stereocenters. The van der Waals surface area contributed by atoms with Crippen molar-refractivity contribution in [1.82, 2.24) is 5.32 Å². The normalized spacial score (nSPS) is 11.9. The Morgan fingerprint density at radius 2 is 2.25 bits per heavy atom. The Hall–Kier alpha value is -0.380. The maximum atomic E-state index is 8.81. The third-order valence-corrected chi connectivity index (χ3v) is 3.68. The van der Waals surface area contributed by atoms with Crippen molar-refractivity contribution in [2.24, 2.45) is 5.41 Å². The van der Waals surface area contributed by atoms with E-state index >= 15 is 0 Å². The Bertz CT molecular complexity index is 269. The van der Waals surface area contributed by atoms with Crippen LogP contribution in [0.5, 0.6) is 0 Å². The molecule has 3 heteroatoms. The van der Waals surface area contributed by atoms with Gasteiger partial charge in [0.25, 0.3) is 0 Å². The Morgan fingerprint density at radius 1 is 1.44 bits per heavy atom. The minimum Gasteiger partial charge on any atom is -0.396 e. The van der Waals surface area contributed by atoms with Crippen molar-refractivity contribution >= 4 is 11.3 Å². The molecule has 0 saturated carbocycles. The van der Waals surface area contributed by atoms with Crippen LogP contribution in [0.3, 0.4) is 0 Å². The zero-order chi connectivity index (χ0) is 11.9. The monoisotopic (exact) mass is 241 g/mol. The molecule has 0 radical (unpaired) electrons. The minimum absolute atomic E-state index is 0.290. The van der Waals surface area contributed by atoms with E-state index in [-0.39, 0.29) is 5.41 Å². The summed E-state index contributed by atoms with van der Waals surface area (Å²) >= 11 is 1.82. The van der Waals surface area contributed by atoms with Crippen LogP contribution in [0, 0.1) is 5.41 Å². The van der Waals surface area contributed by atoms with Crippen LogP contribution in [0.25, 0.3) is 0 Å². The molecule has 1 rings (SSSR count). The van der Waals surface area contributed by atoms with Crippen LogP contribution in [0.4, 0.5) is 0 Å². The van der Waals surface area contributed by atoms with Gasteiger partial charge in [-0.25, -0.2) is 0 Å². The van der Waals surface area contributed by atoms with Crippen molar-refractivity contribution in [3.8, 4) is 0 Å². The van der Waals surface area contributed by atoms with Crippen molar-refractivity contribution in [2.45, 2.75) is 33.1 Å². The molecule has 0 amide bonds. The molecule has 92 valence electrons.